The van der Waals surface area contributed by atoms with Crippen molar-refractivity contribution in [2.45, 2.75) is 18.8 Å². The molecule has 0 radical (unpaired) electrons. The molecule has 0 amide bonds. The van der Waals surface area contributed by atoms with Crippen molar-refractivity contribution in [2.24, 2.45) is 0 Å². The van der Waals surface area contributed by atoms with Crippen molar-refractivity contribution in [3.63, 3.8) is 0 Å². The molecule has 4 rings (SSSR count). The van der Waals surface area contributed by atoms with Gasteiger partial charge in [0.05, 0.1) is 5.69 Å². The van der Waals surface area contributed by atoms with E-state index in [9.17, 15) is 4.39 Å². The summed E-state index contributed by atoms with van der Waals surface area (Å²) < 4.78 is 13.2. The molecule has 108 valence electrons. The fourth-order valence-corrected chi connectivity index (χ4v) is 2.71. The second-order valence-electron chi connectivity index (χ2n) is 5.81. The first kappa shape index (κ1) is 13.2. The van der Waals surface area contributed by atoms with Crippen LogP contribution in [0.2, 0.25) is 0 Å². The van der Waals surface area contributed by atoms with Crippen LogP contribution in [0.4, 0.5) is 4.39 Å². The molecule has 0 bridgehead atoms. The molecule has 1 heterocycles. The average Bonchev–Trinajstić information content (AvgIpc) is 3.41. The molecular weight excluding hydrogens is 273 g/mol. The number of hydrogen-bond acceptors (Lipinski definition) is 1. The zero-order valence-corrected chi connectivity index (χ0v) is 12.2. The molecule has 0 saturated heterocycles. The monoisotopic (exact) mass is 289 g/mol. The summed E-state index contributed by atoms with van der Waals surface area (Å²) in [6.07, 6.45) is 2.43. The first-order valence-corrected chi connectivity index (χ1v) is 7.63. The summed E-state index contributed by atoms with van der Waals surface area (Å²) in [7, 11) is 0. The summed E-state index contributed by atoms with van der Waals surface area (Å²) in [6, 6.07) is 21.1. The summed E-state index contributed by atoms with van der Waals surface area (Å²) in [5.74, 6) is 0.381. The van der Waals surface area contributed by atoms with Gasteiger partial charge in [-0.1, -0.05) is 42.5 Å². The first-order valence-electron chi connectivity index (χ1n) is 7.63. The van der Waals surface area contributed by atoms with E-state index in [4.69, 9.17) is 4.98 Å². The smallest absolute Gasteiger partial charge is 0.123 e. The van der Waals surface area contributed by atoms with E-state index in [0.29, 0.717) is 5.92 Å². The highest BCUT2D eigenvalue weighted by atomic mass is 19.1. The van der Waals surface area contributed by atoms with Crippen LogP contribution in [0.1, 0.15) is 24.5 Å². The Morgan fingerprint density at radius 3 is 2.18 bits per heavy atom. The number of hydrogen-bond donors (Lipinski definition) is 0. The Balaban J connectivity index is 1.84. The Labute approximate surface area is 129 Å². The standard InChI is InChI=1S/C20H16FN/c21-18-10-8-14(9-11-18)17-12-19(15-4-2-1-3-5-15)22-20(13-17)16-6-7-16/h1-5,8-13,16H,6-7H2. The molecule has 22 heavy (non-hydrogen) atoms. The quantitative estimate of drug-likeness (QED) is 0.626. The van der Waals surface area contributed by atoms with E-state index in [1.807, 2.05) is 30.3 Å². The normalized spacial score (nSPS) is 14.0. The van der Waals surface area contributed by atoms with Crippen molar-refractivity contribution in [3.8, 4) is 22.4 Å². The molecule has 0 N–H and O–H groups in total. The van der Waals surface area contributed by atoms with E-state index in [2.05, 4.69) is 24.3 Å². The van der Waals surface area contributed by atoms with Crippen LogP contribution < -0.4 is 0 Å². The summed E-state index contributed by atoms with van der Waals surface area (Å²) in [6.45, 7) is 0. The van der Waals surface area contributed by atoms with Crippen molar-refractivity contribution in [1.29, 1.82) is 0 Å². The number of aromatic nitrogens is 1. The minimum absolute atomic E-state index is 0.205. The topological polar surface area (TPSA) is 12.9 Å². The number of rotatable bonds is 3. The SMILES string of the molecule is Fc1ccc(-c2cc(-c3ccccc3)nc(C3CC3)c2)cc1. The predicted molar refractivity (Wildman–Crippen MR) is 87.0 cm³/mol. The lowest BCUT2D eigenvalue weighted by molar-refractivity contribution is 0.628. The lowest BCUT2D eigenvalue weighted by atomic mass is 10.0. The Morgan fingerprint density at radius 2 is 1.50 bits per heavy atom. The van der Waals surface area contributed by atoms with Crippen molar-refractivity contribution < 1.29 is 4.39 Å². The van der Waals surface area contributed by atoms with Crippen LogP contribution in [0.5, 0.6) is 0 Å². The summed E-state index contributed by atoms with van der Waals surface area (Å²) in [4.78, 5) is 4.83. The Morgan fingerprint density at radius 1 is 0.773 bits per heavy atom. The van der Waals surface area contributed by atoms with Crippen LogP contribution >= 0.6 is 0 Å². The average molecular weight is 289 g/mol. The lowest BCUT2D eigenvalue weighted by Gasteiger charge is -2.09. The molecule has 3 aromatic rings. The third-order valence-corrected chi connectivity index (χ3v) is 4.09. The fraction of sp³-hybridized carbons (Fsp3) is 0.150. The Bertz CT molecular complexity index is 790. The maximum Gasteiger partial charge on any atom is 0.123 e. The lowest BCUT2D eigenvalue weighted by Crippen LogP contribution is -1.93. The van der Waals surface area contributed by atoms with E-state index in [1.54, 1.807) is 0 Å². The van der Waals surface area contributed by atoms with Gasteiger partial charge in [-0.3, -0.25) is 4.98 Å². The van der Waals surface area contributed by atoms with Gasteiger partial charge in [0.2, 0.25) is 0 Å². The van der Waals surface area contributed by atoms with Gasteiger partial charge in [0.25, 0.3) is 0 Å². The summed E-state index contributed by atoms with van der Waals surface area (Å²) in [5.41, 5.74) is 5.40. The van der Waals surface area contributed by atoms with Gasteiger partial charge in [0, 0.05) is 17.2 Å². The van der Waals surface area contributed by atoms with Gasteiger partial charge in [-0.05, 0) is 48.2 Å². The number of nitrogens with zero attached hydrogens (tertiary/aromatic N) is 1. The van der Waals surface area contributed by atoms with E-state index < -0.39 is 0 Å². The molecule has 1 aliphatic rings. The highest BCUT2D eigenvalue weighted by molar-refractivity contribution is 5.71. The third kappa shape index (κ3) is 2.64. The summed E-state index contributed by atoms with van der Waals surface area (Å²) in [5, 5.41) is 0. The molecule has 0 aliphatic heterocycles. The molecule has 0 spiro atoms. The van der Waals surface area contributed by atoms with Crippen LogP contribution in [0.25, 0.3) is 22.4 Å². The molecule has 1 aromatic heterocycles. The van der Waals surface area contributed by atoms with Gasteiger partial charge in [0.15, 0.2) is 0 Å². The second-order valence-corrected chi connectivity index (χ2v) is 5.81. The van der Waals surface area contributed by atoms with Crippen molar-refractivity contribution in [3.05, 3.63) is 78.2 Å². The highest BCUT2D eigenvalue weighted by Crippen LogP contribution is 2.41. The molecule has 1 nitrogen and oxygen atoms in total. The maximum atomic E-state index is 13.2. The summed E-state index contributed by atoms with van der Waals surface area (Å²) >= 11 is 0. The van der Waals surface area contributed by atoms with E-state index in [1.165, 1.54) is 25.0 Å². The molecular formula is C20H16FN. The maximum absolute atomic E-state index is 13.2. The number of halogens is 1. The van der Waals surface area contributed by atoms with E-state index >= 15 is 0 Å². The van der Waals surface area contributed by atoms with Crippen LogP contribution in [-0.2, 0) is 0 Å². The molecule has 2 aromatic carbocycles. The second kappa shape index (κ2) is 5.38. The van der Waals surface area contributed by atoms with Gasteiger partial charge in [-0.15, -0.1) is 0 Å². The van der Waals surface area contributed by atoms with Crippen LogP contribution in [-0.4, -0.2) is 4.98 Å². The van der Waals surface area contributed by atoms with Gasteiger partial charge in [0.1, 0.15) is 5.82 Å². The van der Waals surface area contributed by atoms with Crippen LogP contribution in [0.15, 0.2) is 66.7 Å². The molecule has 1 saturated carbocycles. The van der Waals surface area contributed by atoms with Gasteiger partial charge >= 0.3 is 0 Å². The van der Waals surface area contributed by atoms with Crippen LogP contribution in [0, 0.1) is 5.82 Å². The van der Waals surface area contributed by atoms with E-state index in [-0.39, 0.29) is 5.82 Å². The first-order chi connectivity index (χ1) is 10.8. The van der Waals surface area contributed by atoms with Crippen molar-refractivity contribution in [1.82, 2.24) is 4.98 Å². The molecule has 1 fully saturated rings. The van der Waals surface area contributed by atoms with E-state index in [0.717, 1.165) is 28.1 Å². The molecule has 1 aliphatic carbocycles. The number of benzene rings is 2. The minimum atomic E-state index is -0.205. The zero-order valence-electron chi connectivity index (χ0n) is 12.2. The molecule has 0 atom stereocenters. The zero-order chi connectivity index (χ0) is 14.9. The Hall–Kier alpha value is -2.48. The van der Waals surface area contributed by atoms with Crippen molar-refractivity contribution in [2.75, 3.05) is 0 Å². The van der Waals surface area contributed by atoms with Gasteiger partial charge in [-0.2, -0.15) is 0 Å². The third-order valence-electron chi connectivity index (χ3n) is 4.09. The predicted octanol–water partition coefficient (Wildman–Crippen LogP) is 5.43. The van der Waals surface area contributed by atoms with Crippen molar-refractivity contribution >= 4 is 0 Å². The minimum Gasteiger partial charge on any atom is -0.253 e. The molecule has 2 heteroatoms. The highest BCUT2D eigenvalue weighted by Gasteiger charge is 2.26. The van der Waals surface area contributed by atoms with Crippen LogP contribution in [0.3, 0.4) is 0 Å². The van der Waals surface area contributed by atoms with Gasteiger partial charge in [-0.25, -0.2) is 4.39 Å². The molecule has 0 unspecified atom stereocenters. The van der Waals surface area contributed by atoms with Gasteiger partial charge < -0.3 is 0 Å². The Kier molecular flexibility index (Phi) is 3.23. The largest absolute Gasteiger partial charge is 0.253 e. The fourth-order valence-electron chi connectivity index (χ4n) is 2.71. The number of pyridine rings is 1.